The van der Waals surface area contributed by atoms with Gasteiger partial charge in [-0.25, -0.2) is 4.68 Å². The maximum atomic E-state index is 11.6. The Morgan fingerprint density at radius 2 is 2.09 bits per heavy atom. The van der Waals surface area contributed by atoms with Gasteiger partial charge in [0.1, 0.15) is 5.69 Å². The molecule has 1 aromatic heterocycles. The average molecular weight is 364 g/mol. The minimum absolute atomic E-state index is 0.139. The number of aromatic nitrogens is 3. The van der Waals surface area contributed by atoms with Crippen molar-refractivity contribution in [3.05, 3.63) is 52.8 Å². The predicted octanol–water partition coefficient (Wildman–Crippen LogP) is 1.76. The van der Waals surface area contributed by atoms with Crippen molar-refractivity contribution < 1.29 is 4.79 Å². The van der Waals surface area contributed by atoms with Crippen molar-refractivity contribution in [1.29, 1.82) is 0 Å². The highest BCUT2D eigenvalue weighted by molar-refractivity contribution is 9.10. The number of amides is 1. The van der Waals surface area contributed by atoms with Crippen molar-refractivity contribution in [3.8, 4) is 5.69 Å². The number of rotatable bonds is 6. The molecular weight excluding hydrogens is 346 g/mol. The number of hydrogen-bond acceptors (Lipinski definition) is 4. The zero-order chi connectivity index (χ0) is 15.9. The standard InChI is InChI=1S/C15H18BrN5O/c1-20(2)9-3-4-15(22)17-10-13-11-21(19-18-13)14-7-5-12(16)6-8-14/h3-8,11H,9-10H2,1-2H3,(H,17,22)/b4-3+. The van der Waals surface area contributed by atoms with Gasteiger partial charge in [0.05, 0.1) is 18.4 Å². The van der Waals surface area contributed by atoms with Gasteiger partial charge in [-0.2, -0.15) is 0 Å². The van der Waals surface area contributed by atoms with E-state index < -0.39 is 0 Å². The topological polar surface area (TPSA) is 63.1 Å². The number of nitrogens with zero attached hydrogens (tertiary/aromatic N) is 4. The molecule has 1 amide bonds. The molecular formula is C15H18BrN5O. The van der Waals surface area contributed by atoms with Gasteiger partial charge in [-0.15, -0.1) is 5.10 Å². The molecule has 0 unspecified atom stereocenters. The Morgan fingerprint density at radius 1 is 1.36 bits per heavy atom. The largest absolute Gasteiger partial charge is 0.347 e. The summed E-state index contributed by atoms with van der Waals surface area (Å²) in [5.74, 6) is -0.139. The minimum atomic E-state index is -0.139. The maximum absolute atomic E-state index is 11.6. The van der Waals surface area contributed by atoms with Crippen LogP contribution >= 0.6 is 15.9 Å². The van der Waals surface area contributed by atoms with Gasteiger partial charge in [0.15, 0.2) is 0 Å². The zero-order valence-electron chi connectivity index (χ0n) is 12.5. The lowest BCUT2D eigenvalue weighted by molar-refractivity contribution is -0.116. The molecule has 0 bridgehead atoms. The SMILES string of the molecule is CN(C)C/C=C/C(=O)NCc1cn(-c2ccc(Br)cc2)nn1. The van der Waals surface area contributed by atoms with E-state index in [0.29, 0.717) is 12.2 Å². The van der Waals surface area contributed by atoms with Crippen LogP contribution < -0.4 is 5.32 Å². The molecule has 1 N–H and O–H groups in total. The minimum Gasteiger partial charge on any atom is -0.347 e. The molecule has 116 valence electrons. The second-order valence-corrected chi connectivity index (χ2v) is 5.93. The summed E-state index contributed by atoms with van der Waals surface area (Å²) in [7, 11) is 3.89. The van der Waals surface area contributed by atoms with Crippen molar-refractivity contribution in [1.82, 2.24) is 25.2 Å². The molecule has 0 aliphatic carbocycles. The van der Waals surface area contributed by atoms with E-state index in [1.54, 1.807) is 10.9 Å². The summed E-state index contributed by atoms with van der Waals surface area (Å²) in [6.07, 6.45) is 5.14. The Kier molecular flexibility index (Phi) is 5.85. The number of carbonyl (C=O) groups is 1. The molecule has 2 aromatic rings. The Balaban J connectivity index is 1.88. The summed E-state index contributed by atoms with van der Waals surface area (Å²) >= 11 is 3.39. The number of nitrogens with one attached hydrogen (secondary N) is 1. The fourth-order valence-corrected chi connectivity index (χ4v) is 1.97. The summed E-state index contributed by atoms with van der Waals surface area (Å²) < 4.78 is 2.68. The third-order valence-electron chi connectivity index (χ3n) is 2.82. The van der Waals surface area contributed by atoms with E-state index in [2.05, 4.69) is 31.6 Å². The summed E-state index contributed by atoms with van der Waals surface area (Å²) in [6, 6.07) is 7.75. The molecule has 6 nitrogen and oxygen atoms in total. The molecule has 1 aromatic carbocycles. The van der Waals surface area contributed by atoms with Crippen LogP contribution in [-0.2, 0) is 11.3 Å². The number of carbonyl (C=O) groups excluding carboxylic acids is 1. The first-order valence-electron chi connectivity index (χ1n) is 6.81. The van der Waals surface area contributed by atoms with Crippen LogP contribution in [0.25, 0.3) is 5.69 Å². The molecule has 0 fully saturated rings. The lowest BCUT2D eigenvalue weighted by Crippen LogP contribution is -2.21. The Morgan fingerprint density at radius 3 is 2.77 bits per heavy atom. The highest BCUT2D eigenvalue weighted by Gasteiger charge is 2.04. The van der Waals surface area contributed by atoms with E-state index in [4.69, 9.17) is 0 Å². The third-order valence-corrected chi connectivity index (χ3v) is 3.34. The molecule has 0 saturated heterocycles. The number of likely N-dealkylation sites (N-methyl/N-ethyl adjacent to an activating group) is 1. The van der Waals surface area contributed by atoms with Crippen molar-refractivity contribution in [2.75, 3.05) is 20.6 Å². The second-order valence-electron chi connectivity index (χ2n) is 5.01. The van der Waals surface area contributed by atoms with Crippen LogP contribution in [0.3, 0.4) is 0 Å². The zero-order valence-corrected chi connectivity index (χ0v) is 14.1. The van der Waals surface area contributed by atoms with Crippen LogP contribution in [0.5, 0.6) is 0 Å². The van der Waals surface area contributed by atoms with Crippen molar-refractivity contribution in [3.63, 3.8) is 0 Å². The van der Waals surface area contributed by atoms with Crippen molar-refractivity contribution >= 4 is 21.8 Å². The first-order valence-corrected chi connectivity index (χ1v) is 7.60. The average Bonchev–Trinajstić information content (AvgIpc) is 2.94. The Labute approximate surface area is 137 Å². The highest BCUT2D eigenvalue weighted by Crippen LogP contribution is 2.13. The van der Waals surface area contributed by atoms with Gasteiger partial charge in [-0.1, -0.05) is 27.2 Å². The van der Waals surface area contributed by atoms with Crippen LogP contribution in [0.1, 0.15) is 5.69 Å². The third kappa shape index (κ3) is 5.09. The monoisotopic (exact) mass is 363 g/mol. The van der Waals surface area contributed by atoms with E-state index in [1.165, 1.54) is 6.08 Å². The highest BCUT2D eigenvalue weighted by atomic mass is 79.9. The van der Waals surface area contributed by atoms with Crippen LogP contribution in [0, 0.1) is 0 Å². The summed E-state index contributed by atoms with van der Waals surface area (Å²) in [4.78, 5) is 13.6. The van der Waals surface area contributed by atoms with Crippen LogP contribution in [-0.4, -0.2) is 46.4 Å². The molecule has 0 radical (unpaired) electrons. The molecule has 0 aliphatic heterocycles. The number of halogens is 1. The van der Waals surface area contributed by atoms with Gasteiger partial charge in [-0.3, -0.25) is 4.79 Å². The summed E-state index contributed by atoms with van der Waals surface area (Å²) in [6.45, 7) is 1.08. The summed E-state index contributed by atoms with van der Waals surface area (Å²) in [5.41, 5.74) is 1.62. The van der Waals surface area contributed by atoms with E-state index in [9.17, 15) is 4.79 Å². The molecule has 0 atom stereocenters. The van der Waals surface area contributed by atoms with Crippen molar-refractivity contribution in [2.24, 2.45) is 0 Å². The van der Waals surface area contributed by atoms with E-state index in [1.807, 2.05) is 49.3 Å². The molecule has 0 saturated carbocycles. The Hall–Kier alpha value is -1.99. The van der Waals surface area contributed by atoms with Gasteiger partial charge < -0.3 is 10.2 Å². The molecule has 1 heterocycles. The van der Waals surface area contributed by atoms with Gasteiger partial charge in [0, 0.05) is 17.1 Å². The first-order chi connectivity index (χ1) is 10.5. The second kappa shape index (κ2) is 7.86. The number of hydrogen-bond donors (Lipinski definition) is 1. The van der Waals surface area contributed by atoms with Gasteiger partial charge in [0.2, 0.25) is 5.91 Å². The van der Waals surface area contributed by atoms with Gasteiger partial charge in [-0.05, 0) is 38.4 Å². The lowest BCUT2D eigenvalue weighted by atomic mass is 10.3. The maximum Gasteiger partial charge on any atom is 0.244 e. The van der Waals surface area contributed by atoms with E-state index >= 15 is 0 Å². The normalized spacial score (nSPS) is 11.3. The van der Waals surface area contributed by atoms with Crippen molar-refractivity contribution in [2.45, 2.75) is 6.54 Å². The van der Waals surface area contributed by atoms with Crippen LogP contribution in [0.2, 0.25) is 0 Å². The van der Waals surface area contributed by atoms with E-state index in [-0.39, 0.29) is 5.91 Å². The molecule has 22 heavy (non-hydrogen) atoms. The molecule has 0 spiro atoms. The number of benzene rings is 1. The fourth-order valence-electron chi connectivity index (χ4n) is 1.71. The van der Waals surface area contributed by atoms with Gasteiger partial charge >= 0.3 is 0 Å². The van der Waals surface area contributed by atoms with Gasteiger partial charge in [0.25, 0.3) is 0 Å². The van der Waals surface area contributed by atoms with E-state index in [0.717, 1.165) is 16.7 Å². The predicted molar refractivity (Wildman–Crippen MR) is 88.6 cm³/mol. The smallest absolute Gasteiger partial charge is 0.244 e. The molecule has 7 heteroatoms. The van der Waals surface area contributed by atoms with Crippen LogP contribution in [0.4, 0.5) is 0 Å². The quantitative estimate of drug-likeness (QED) is 0.794. The Bertz CT molecular complexity index is 648. The first kappa shape index (κ1) is 16.4. The summed E-state index contributed by atoms with van der Waals surface area (Å²) in [5, 5.41) is 10.9. The lowest BCUT2D eigenvalue weighted by Gasteiger charge is -2.03. The molecule has 0 aliphatic rings. The van der Waals surface area contributed by atoms with Crippen LogP contribution in [0.15, 0.2) is 47.1 Å². The molecule has 2 rings (SSSR count). The fraction of sp³-hybridized carbons (Fsp3) is 0.267.